The van der Waals surface area contributed by atoms with Gasteiger partial charge in [0.15, 0.2) is 0 Å². The van der Waals surface area contributed by atoms with Gasteiger partial charge in [0.2, 0.25) is 11.8 Å². The Kier molecular flexibility index (Phi) is 7.58. The van der Waals surface area contributed by atoms with Gasteiger partial charge in [-0.05, 0) is 55.0 Å². The third kappa shape index (κ3) is 5.68. The Morgan fingerprint density at radius 3 is 2.02 bits per heavy atom. The number of aliphatic imine (C=N–C) groups is 1. The van der Waals surface area contributed by atoms with E-state index in [0.29, 0.717) is 28.2 Å². The van der Waals surface area contributed by atoms with Crippen molar-refractivity contribution in [3.63, 3.8) is 0 Å². The molecule has 204 valence electrons. The predicted octanol–water partition coefficient (Wildman–Crippen LogP) is 6.23. The van der Waals surface area contributed by atoms with Crippen molar-refractivity contribution >= 4 is 16.9 Å². The van der Waals surface area contributed by atoms with Crippen molar-refractivity contribution in [1.29, 1.82) is 0 Å². The molecule has 0 aliphatic carbocycles. The van der Waals surface area contributed by atoms with Crippen LogP contribution in [0.15, 0.2) is 124 Å². The van der Waals surface area contributed by atoms with Crippen LogP contribution in [0.2, 0.25) is 0 Å². The Labute approximate surface area is 241 Å². The highest BCUT2D eigenvalue weighted by Gasteiger charge is 2.17. The summed E-state index contributed by atoms with van der Waals surface area (Å²) in [6.45, 7) is 8.48. The van der Waals surface area contributed by atoms with Crippen molar-refractivity contribution in [2.45, 2.75) is 6.42 Å². The number of hydrogen-bond donors (Lipinski definition) is 0. The Morgan fingerprint density at radius 1 is 0.714 bits per heavy atom. The molecule has 0 radical (unpaired) electrons. The van der Waals surface area contributed by atoms with Crippen LogP contribution in [0.5, 0.6) is 0 Å². The van der Waals surface area contributed by atoms with Gasteiger partial charge in [0, 0.05) is 23.9 Å². The topological polar surface area (TPSA) is 129 Å². The molecule has 5 aromatic heterocycles. The lowest BCUT2D eigenvalue weighted by atomic mass is 10.1. The van der Waals surface area contributed by atoms with Gasteiger partial charge in [0.1, 0.15) is 11.4 Å². The smallest absolute Gasteiger partial charge is 0.266 e. The fraction of sp³-hybridized carbons (Fsp3) is 0.0625. The van der Waals surface area contributed by atoms with Crippen molar-refractivity contribution < 1.29 is 8.83 Å². The lowest BCUT2D eigenvalue weighted by molar-refractivity contribution is 0.550. The van der Waals surface area contributed by atoms with Crippen LogP contribution < -0.4 is 0 Å². The summed E-state index contributed by atoms with van der Waals surface area (Å²) in [5.41, 5.74) is 5.18. The molecular weight excluding hydrogens is 528 g/mol. The highest BCUT2D eigenvalue weighted by molar-refractivity contribution is 6.07. The van der Waals surface area contributed by atoms with Gasteiger partial charge in [-0.1, -0.05) is 55.7 Å². The molecule has 0 amide bonds. The highest BCUT2D eigenvalue weighted by atomic mass is 16.4. The van der Waals surface area contributed by atoms with Crippen LogP contribution in [0.4, 0.5) is 0 Å². The Hall–Kier alpha value is -5.90. The molecule has 1 aliphatic heterocycles. The first-order valence-corrected chi connectivity index (χ1v) is 13.1. The van der Waals surface area contributed by atoms with E-state index in [1.54, 1.807) is 36.6 Å². The largest absolute Gasteiger partial charge is 0.415 e. The Morgan fingerprint density at radius 2 is 1.38 bits per heavy atom. The van der Waals surface area contributed by atoms with E-state index in [0.717, 1.165) is 30.1 Å². The van der Waals surface area contributed by atoms with Crippen molar-refractivity contribution in [2.75, 3.05) is 6.54 Å². The quantitative estimate of drug-likeness (QED) is 0.195. The second-order valence-corrected chi connectivity index (χ2v) is 8.98. The van der Waals surface area contributed by atoms with Gasteiger partial charge in [-0.25, -0.2) is 9.97 Å². The van der Waals surface area contributed by atoms with Crippen molar-refractivity contribution in [3.05, 3.63) is 128 Å². The third-order valence-electron chi connectivity index (χ3n) is 6.15. The molecule has 5 aromatic rings. The molecular formula is C32H24N8O2. The van der Waals surface area contributed by atoms with Crippen LogP contribution >= 0.6 is 0 Å². The first-order chi connectivity index (χ1) is 20.7. The molecule has 1 aliphatic rings. The monoisotopic (exact) mass is 552 g/mol. The molecule has 10 nitrogen and oxygen atoms in total. The number of rotatable bonds is 9. The second-order valence-electron chi connectivity index (χ2n) is 8.98. The Balaban J connectivity index is 1.27. The maximum absolute atomic E-state index is 6.01. The van der Waals surface area contributed by atoms with E-state index < -0.39 is 0 Å². The van der Waals surface area contributed by atoms with E-state index in [2.05, 4.69) is 59.6 Å². The first kappa shape index (κ1) is 26.3. The molecule has 0 bridgehead atoms. The molecule has 0 N–H and O–H groups in total. The lowest BCUT2D eigenvalue weighted by Gasteiger charge is -2.06. The molecule has 6 rings (SSSR count). The average Bonchev–Trinajstić information content (AvgIpc) is 3.75. The molecule has 0 aromatic carbocycles. The van der Waals surface area contributed by atoms with Crippen molar-refractivity contribution in [2.24, 2.45) is 4.99 Å². The van der Waals surface area contributed by atoms with E-state index in [-0.39, 0.29) is 23.6 Å². The summed E-state index contributed by atoms with van der Waals surface area (Å²) in [6, 6.07) is 16.8. The molecule has 6 heterocycles. The summed E-state index contributed by atoms with van der Waals surface area (Å²) >= 11 is 0. The average molecular weight is 553 g/mol. The normalized spacial score (nSPS) is 13.6. The zero-order chi connectivity index (χ0) is 28.7. The van der Waals surface area contributed by atoms with Crippen molar-refractivity contribution in [3.8, 4) is 34.6 Å². The predicted molar refractivity (Wildman–Crippen MR) is 160 cm³/mol. The van der Waals surface area contributed by atoms with Crippen LogP contribution in [0.25, 0.3) is 45.7 Å². The van der Waals surface area contributed by atoms with Crippen LogP contribution in [0.1, 0.15) is 23.9 Å². The number of aromatic nitrogens is 7. The maximum atomic E-state index is 6.01. The fourth-order valence-corrected chi connectivity index (χ4v) is 4.15. The van der Waals surface area contributed by atoms with Gasteiger partial charge >= 0.3 is 0 Å². The summed E-state index contributed by atoms with van der Waals surface area (Å²) in [7, 11) is 0. The number of pyridine rings is 3. The molecule has 0 spiro atoms. The molecule has 0 unspecified atom stereocenters. The molecule has 10 heteroatoms. The third-order valence-corrected chi connectivity index (χ3v) is 6.15. The molecule has 0 atom stereocenters. The number of nitrogens with zero attached hydrogens (tertiary/aromatic N) is 8. The zero-order valence-electron chi connectivity index (χ0n) is 22.5. The van der Waals surface area contributed by atoms with Crippen molar-refractivity contribution in [1.82, 2.24) is 35.3 Å². The standard InChI is InChI=1S/C32H24N8O2/c1-3-11-22(30-38-40-32(42-30)28-17-10-15-26(36-28)24-13-6-8-19-34-24)20-21(4-2)29-37-39-31(41-29)27-16-9-14-25(35-27)23-12-5-7-18-33-23/h3-6,8-17,19-20H,1-2,7,18H2/b21-20+,22-11+. The lowest BCUT2D eigenvalue weighted by Crippen LogP contribution is -2.05. The van der Waals surface area contributed by atoms with Crippen LogP contribution in [-0.4, -0.2) is 47.6 Å². The molecule has 0 fully saturated rings. The van der Waals surface area contributed by atoms with Gasteiger partial charge < -0.3 is 8.83 Å². The number of dihydropyridines is 1. The van der Waals surface area contributed by atoms with Gasteiger partial charge in [0.05, 0.1) is 22.8 Å². The summed E-state index contributed by atoms with van der Waals surface area (Å²) in [6.07, 6.45) is 13.4. The summed E-state index contributed by atoms with van der Waals surface area (Å²) < 4.78 is 12.0. The van der Waals surface area contributed by atoms with Gasteiger partial charge in [-0.3, -0.25) is 9.98 Å². The van der Waals surface area contributed by atoms with E-state index >= 15 is 0 Å². The zero-order valence-corrected chi connectivity index (χ0v) is 22.5. The van der Waals surface area contributed by atoms with E-state index in [1.165, 1.54) is 0 Å². The second kappa shape index (κ2) is 12.1. The summed E-state index contributed by atoms with van der Waals surface area (Å²) in [5, 5.41) is 16.9. The Bertz CT molecular complexity index is 1880. The fourth-order valence-electron chi connectivity index (χ4n) is 4.15. The van der Waals surface area contributed by atoms with Gasteiger partial charge in [-0.2, -0.15) is 0 Å². The number of hydrogen-bond acceptors (Lipinski definition) is 10. The summed E-state index contributed by atoms with van der Waals surface area (Å²) in [5.74, 6) is 1.04. The molecule has 0 saturated carbocycles. The summed E-state index contributed by atoms with van der Waals surface area (Å²) in [4.78, 5) is 18.2. The van der Waals surface area contributed by atoms with E-state index in [1.807, 2.05) is 54.6 Å². The van der Waals surface area contributed by atoms with Crippen LogP contribution in [0, 0.1) is 0 Å². The minimum Gasteiger partial charge on any atom is -0.415 e. The van der Waals surface area contributed by atoms with Crippen LogP contribution in [-0.2, 0) is 0 Å². The van der Waals surface area contributed by atoms with Gasteiger partial charge in [0.25, 0.3) is 11.8 Å². The SMILES string of the molecule is C=C/C=C(\C=C(/C=C)c1nnc(-c2cccc(C3=NCCC=C3)n2)o1)c1nnc(-c2cccc(-c3ccccn3)n2)o1. The first-order valence-electron chi connectivity index (χ1n) is 13.1. The molecule has 0 saturated heterocycles. The van der Waals surface area contributed by atoms with Crippen LogP contribution in [0.3, 0.4) is 0 Å². The minimum atomic E-state index is 0.251. The van der Waals surface area contributed by atoms with E-state index in [4.69, 9.17) is 8.83 Å². The van der Waals surface area contributed by atoms with E-state index in [9.17, 15) is 0 Å². The highest BCUT2D eigenvalue weighted by Crippen LogP contribution is 2.27. The molecule has 42 heavy (non-hydrogen) atoms. The maximum Gasteiger partial charge on any atom is 0.266 e. The number of allylic oxidation sites excluding steroid dienone is 7. The van der Waals surface area contributed by atoms with Gasteiger partial charge in [-0.15, -0.1) is 20.4 Å². The minimum absolute atomic E-state index is 0.251.